The Labute approximate surface area is 144 Å². The zero-order valence-corrected chi connectivity index (χ0v) is 15.3. The molecule has 5 nitrogen and oxygen atoms in total. The number of alkyl halides is 3. The van der Waals surface area contributed by atoms with Gasteiger partial charge < -0.3 is 10.2 Å². The van der Waals surface area contributed by atoms with Crippen molar-refractivity contribution in [2.45, 2.75) is 39.5 Å². The lowest BCUT2D eigenvalue weighted by Crippen LogP contribution is -2.56. The Kier molecular flexibility index (Phi) is 6.08. The fourth-order valence-corrected chi connectivity index (χ4v) is 3.50. The molecule has 1 fully saturated rings. The van der Waals surface area contributed by atoms with E-state index in [2.05, 4.69) is 15.3 Å². The van der Waals surface area contributed by atoms with Crippen molar-refractivity contribution in [1.29, 1.82) is 0 Å². The van der Waals surface area contributed by atoms with Gasteiger partial charge in [-0.3, -0.25) is 9.89 Å². The van der Waals surface area contributed by atoms with Crippen LogP contribution in [0.15, 0.2) is 4.99 Å². The van der Waals surface area contributed by atoms with Crippen LogP contribution in [-0.4, -0.2) is 66.2 Å². The zero-order valence-electron chi connectivity index (χ0n) is 14.4. The van der Waals surface area contributed by atoms with Crippen molar-refractivity contribution < 1.29 is 13.2 Å². The number of guanidine groups is 1. The molecule has 0 amide bonds. The molecular formula is C15H24F3N5S. The molecule has 0 saturated carbocycles. The predicted octanol–water partition coefficient (Wildman–Crippen LogP) is 2.40. The van der Waals surface area contributed by atoms with Gasteiger partial charge in [0.05, 0.1) is 12.2 Å². The van der Waals surface area contributed by atoms with E-state index in [9.17, 15) is 13.2 Å². The minimum absolute atomic E-state index is 0.372. The second kappa shape index (κ2) is 7.69. The van der Waals surface area contributed by atoms with E-state index in [1.54, 1.807) is 18.4 Å². The van der Waals surface area contributed by atoms with Crippen LogP contribution in [0.4, 0.5) is 13.2 Å². The summed E-state index contributed by atoms with van der Waals surface area (Å²) in [6.07, 6.45) is -4.18. The van der Waals surface area contributed by atoms with Gasteiger partial charge in [0, 0.05) is 38.1 Å². The zero-order chi connectivity index (χ0) is 17.9. The van der Waals surface area contributed by atoms with E-state index in [0.29, 0.717) is 38.7 Å². The topological polar surface area (TPSA) is 43.8 Å². The predicted molar refractivity (Wildman–Crippen MR) is 90.4 cm³/mol. The highest BCUT2D eigenvalue weighted by Crippen LogP contribution is 2.25. The Morgan fingerprint density at radius 1 is 1.29 bits per heavy atom. The lowest BCUT2D eigenvalue weighted by atomic mass is 10.2. The van der Waals surface area contributed by atoms with Crippen molar-refractivity contribution >= 4 is 17.3 Å². The maximum absolute atomic E-state index is 12.8. The molecule has 0 radical (unpaired) electrons. The van der Waals surface area contributed by atoms with Gasteiger partial charge in [0.25, 0.3) is 0 Å². The second-order valence-corrected chi connectivity index (χ2v) is 7.18. The first-order valence-electron chi connectivity index (χ1n) is 7.91. The molecule has 1 aliphatic heterocycles. The summed E-state index contributed by atoms with van der Waals surface area (Å²) in [6, 6.07) is -1.41. The van der Waals surface area contributed by atoms with Crippen molar-refractivity contribution in [3.05, 3.63) is 15.6 Å². The van der Waals surface area contributed by atoms with Gasteiger partial charge in [0.1, 0.15) is 11.0 Å². The third kappa shape index (κ3) is 4.60. The molecule has 24 heavy (non-hydrogen) atoms. The number of halogens is 3. The number of piperazine rings is 1. The molecule has 1 aromatic rings. The Morgan fingerprint density at radius 3 is 2.38 bits per heavy atom. The highest BCUT2D eigenvalue weighted by Gasteiger charge is 2.41. The Hall–Kier alpha value is -1.35. The van der Waals surface area contributed by atoms with Crippen LogP contribution in [0, 0.1) is 13.8 Å². The Balaban J connectivity index is 1.87. The van der Waals surface area contributed by atoms with Gasteiger partial charge in [0.15, 0.2) is 5.96 Å². The van der Waals surface area contributed by atoms with Crippen LogP contribution in [0.2, 0.25) is 0 Å². The molecule has 9 heteroatoms. The summed E-state index contributed by atoms with van der Waals surface area (Å²) in [5.74, 6) is 0.708. The number of rotatable bonds is 3. The quantitative estimate of drug-likeness (QED) is 0.662. The SMILES string of the molecule is CN=C(NCc1nc(C)c(C)s1)N1CCN(C(C)C(F)(F)F)CC1. The van der Waals surface area contributed by atoms with E-state index in [-0.39, 0.29) is 0 Å². The van der Waals surface area contributed by atoms with Crippen molar-refractivity contribution in [2.24, 2.45) is 4.99 Å². The van der Waals surface area contributed by atoms with Crippen LogP contribution >= 0.6 is 11.3 Å². The van der Waals surface area contributed by atoms with Gasteiger partial charge in [-0.1, -0.05) is 0 Å². The lowest BCUT2D eigenvalue weighted by molar-refractivity contribution is -0.181. The van der Waals surface area contributed by atoms with Gasteiger partial charge >= 0.3 is 6.18 Å². The number of aromatic nitrogens is 1. The highest BCUT2D eigenvalue weighted by atomic mass is 32.1. The fourth-order valence-electron chi connectivity index (χ4n) is 2.63. The van der Waals surface area contributed by atoms with Gasteiger partial charge in [-0.05, 0) is 20.8 Å². The van der Waals surface area contributed by atoms with Crippen molar-refractivity contribution in [2.75, 3.05) is 33.2 Å². The third-order valence-corrected chi connectivity index (χ3v) is 5.39. The van der Waals surface area contributed by atoms with Gasteiger partial charge in [-0.2, -0.15) is 13.2 Å². The maximum atomic E-state index is 12.8. The number of aryl methyl sites for hydroxylation is 2. The molecule has 1 unspecified atom stereocenters. The molecule has 0 bridgehead atoms. The number of hydrogen-bond donors (Lipinski definition) is 1. The van der Waals surface area contributed by atoms with Crippen LogP contribution in [0.25, 0.3) is 0 Å². The van der Waals surface area contributed by atoms with E-state index in [1.165, 1.54) is 16.7 Å². The van der Waals surface area contributed by atoms with Gasteiger partial charge in [-0.25, -0.2) is 4.98 Å². The summed E-state index contributed by atoms with van der Waals surface area (Å²) >= 11 is 1.64. The first kappa shape index (κ1) is 19.0. The average molecular weight is 363 g/mol. The maximum Gasteiger partial charge on any atom is 0.403 e. The lowest BCUT2D eigenvalue weighted by Gasteiger charge is -2.39. The number of nitrogens with zero attached hydrogens (tertiary/aromatic N) is 4. The first-order valence-corrected chi connectivity index (χ1v) is 8.73. The molecule has 1 aliphatic rings. The molecule has 0 spiro atoms. The van der Waals surface area contributed by atoms with Gasteiger partial charge in [-0.15, -0.1) is 11.3 Å². The number of hydrogen-bond acceptors (Lipinski definition) is 4. The number of thiazole rings is 1. The minimum atomic E-state index is -4.18. The fraction of sp³-hybridized carbons (Fsp3) is 0.733. The summed E-state index contributed by atoms with van der Waals surface area (Å²) in [7, 11) is 1.69. The monoisotopic (exact) mass is 363 g/mol. The molecule has 1 aromatic heterocycles. The summed E-state index contributed by atoms with van der Waals surface area (Å²) in [5.41, 5.74) is 1.03. The van der Waals surface area contributed by atoms with Crippen molar-refractivity contribution in [1.82, 2.24) is 20.1 Å². The normalized spacial score (nSPS) is 18.8. The van der Waals surface area contributed by atoms with Crippen molar-refractivity contribution in [3.63, 3.8) is 0 Å². The molecule has 2 heterocycles. The second-order valence-electron chi connectivity index (χ2n) is 5.89. The summed E-state index contributed by atoms with van der Waals surface area (Å²) in [5, 5.41) is 4.24. The van der Waals surface area contributed by atoms with Crippen LogP contribution in [0.5, 0.6) is 0 Å². The highest BCUT2D eigenvalue weighted by molar-refractivity contribution is 7.11. The molecule has 1 saturated heterocycles. The van der Waals surface area contributed by atoms with Crippen LogP contribution < -0.4 is 5.32 Å². The van der Waals surface area contributed by atoms with E-state index in [4.69, 9.17) is 0 Å². The standard InChI is InChI=1S/C15H24F3N5S/c1-10-11(2)24-13(21-10)9-20-14(19-4)23-7-5-22(6-8-23)12(3)15(16,17)18/h12H,5-9H2,1-4H3,(H,19,20). The van der Waals surface area contributed by atoms with E-state index < -0.39 is 12.2 Å². The van der Waals surface area contributed by atoms with Gasteiger partial charge in [0.2, 0.25) is 0 Å². The van der Waals surface area contributed by atoms with Crippen LogP contribution in [0.1, 0.15) is 22.5 Å². The molecule has 2 rings (SSSR count). The Bertz CT molecular complexity index is 557. The minimum Gasteiger partial charge on any atom is -0.350 e. The molecule has 136 valence electrons. The molecule has 0 aliphatic carbocycles. The third-order valence-electron chi connectivity index (χ3n) is 4.32. The first-order chi connectivity index (χ1) is 11.2. The van der Waals surface area contributed by atoms with Crippen LogP contribution in [-0.2, 0) is 6.54 Å². The smallest absolute Gasteiger partial charge is 0.350 e. The molecular weight excluding hydrogens is 339 g/mol. The average Bonchev–Trinajstić information content (AvgIpc) is 2.85. The molecule has 0 aromatic carbocycles. The van der Waals surface area contributed by atoms with E-state index in [0.717, 1.165) is 10.7 Å². The number of aliphatic imine (C=N–C) groups is 1. The van der Waals surface area contributed by atoms with E-state index in [1.807, 2.05) is 18.7 Å². The number of nitrogens with one attached hydrogen (secondary N) is 1. The largest absolute Gasteiger partial charge is 0.403 e. The summed E-state index contributed by atoms with van der Waals surface area (Å²) in [4.78, 5) is 13.4. The van der Waals surface area contributed by atoms with E-state index >= 15 is 0 Å². The van der Waals surface area contributed by atoms with Crippen molar-refractivity contribution in [3.8, 4) is 0 Å². The summed E-state index contributed by atoms with van der Waals surface area (Å²) in [6.45, 7) is 7.60. The molecule has 1 atom stereocenters. The Morgan fingerprint density at radius 2 is 1.92 bits per heavy atom. The summed E-state index contributed by atoms with van der Waals surface area (Å²) < 4.78 is 38.4. The van der Waals surface area contributed by atoms with Crippen LogP contribution in [0.3, 0.4) is 0 Å². The molecule has 1 N–H and O–H groups in total.